The number of carbonyl (C=O) groups excluding carboxylic acids is 2. The SMILES string of the molecule is CNC(=O)c1ccc(NC(=O)CSc2nncn2C(C)C)cc1. The largest absolute Gasteiger partial charge is 0.355 e. The molecule has 7 nitrogen and oxygen atoms in total. The summed E-state index contributed by atoms with van der Waals surface area (Å²) in [5, 5.41) is 13.9. The van der Waals surface area contributed by atoms with Gasteiger partial charge in [-0.1, -0.05) is 11.8 Å². The highest BCUT2D eigenvalue weighted by Crippen LogP contribution is 2.19. The van der Waals surface area contributed by atoms with Crippen molar-refractivity contribution in [3.63, 3.8) is 0 Å². The fourth-order valence-electron chi connectivity index (χ4n) is 1.87. The smallest absolute Gasteiger partial charge is 0.251 e. The van der Waals surface area contributed by atoms with Gasteiger partial charge >= 0.3 is 0 Å². The monoisotopic (exact) mass is 333 g/mol. The molecule has 0 unspecified atom stereocenters. The molecule has 8 heteroatoms. The first-order valence-corrected chi connectivity index (χ1v) is 8.14. The van der Waals surface area contributed by atoms with Gasteiger partial charge in [-0.05, 0) is 38.1 Å². The van der Waals surface area contributed by atoms with E-state index in [4.69, 9.17) is 0 Å². The number of rotatable bonds is 6. The van der Waals surface area contributed by atoms with Crippen molar-refractivity contribution >= 4 is 29.3 Å². The van der Waals surface area contributed by atoms with E-state index >= 15 is 0 Å². The normalized spacial score (nSPS) is 10.6. The van der Waals surface area contributed by atoms with Gasteiger partial charge in [-0.15, -0.1) is 10.2 Å². The highest BCUT2D eigenvalue weighted by Gasteiger charge is 2.11. The van der Waals surface area contributed by atoms with E-state index in [9.17, 15) is 9.59 Å². The fraction of sp³-hybridized carbons (Fsp3) is 0.333. The van der Waals surface area contributed by atoms with E-state index in [0.29, 0.717) is 16.4 Å². The molecule has 0 aliphatic rings. The second-order valence-electron chi connectivity index (χ2n) is 5.11. The zero-order valence-electron chi connectivity index (χ0n) is 13.2. The topological polar surface area (TPSA) is 88.9 Å². The number of carbonyl (C=O) groups is 2. The molecule has 23 heavy (non-hydrogen) atoms. The Morgan fingerprint density at radius 2 is 1.96 bits per heavy atom. The van der Waals surface area contributed by atoms with Crippen molar-refractivity contribution in [3.8, 4) is 0 Å². The first-order valence-electron chi connectivity index (χ1n) is 7.15. The first kappa shape index (κ1) is 17.0. The number of amides is 2. The lowest BCUT2D eigenvalue weighted by atomic mass is 10.2. The number of benzene rings is 1. The van der Waals surface area contributed by atoms with Crippen LogP contribution in [0.1, 0.15) is 30.2 Å². The first-order chi connectivity index (χ1) is 11.0. The number of hydrogen-bond donors (Lipinski definition) is 2. The fourth-order valence-corrected chi connectivity index (χ4v) is 2.71. The van der Waals surface area contributed by atoms with Crippen molar-refractivity contribution in [1.29, 1.82) is 0 Å². The standard InChI is InChI=1S/C15H19N5O2S/c1-10(2)20-9-17-19-15(20)23-8-13(21)18-12-6-4-11(5-7-12)14(22)16-3/h4-7,9-10H,8H2,1-3H3,(H,16,22)(H,18,21). The van der Waals surface area contributed by atoms with E-state index in [1.165, 1.54) is 11.8 Å². The van der Waals surface area contributed by atoms with Crippen LogP contribution in [0.5, 0.6) is 0 Å². The van der Waals surface area contributed by atoms with Crippen molar-refractivity contribution in [2.24, 2.45) is 0 Å². The molecule has 1 heterocycles. The second kappa shape index (κ2) is 7.77. The van der Waals surface area contributed by atoms with E-state index in [0.717, 1.165) is 0 Å². The summed E-state index contributed by atoms with van der Waals surface area (Å²) >= 11 is 1.33. The van der Waals surface area contributed by atoms with Gasteiger partial charge in [0.05, 0.1) is 5.75 Å². The summed E-state index contributed by atoms with van der Waals surface area (Å²) in [6, 6.07) is 6.97. The Morgan fingerprint density at radius 1 is 1.26 bits per heavy atom. The zero-order valence-corrected chi connectivity index (χ0v) is 14.1. The second-order valence-corrected chi connectivity index (χ2v) is 6.05. The maximum atomic E-state index is 12.0. The maximum absolute atomic E-state index is 12.0. The van der Waals surface area contributed by atoms with Crippen LogP contribution in [0.4, 0.5) is 5.69 Å². The molecule has 2 aromatic rings. The molecule has 122 valence electrons. The molecule has 2 amide bonds. The summed E-state index contributed by atoms with van der Waals surface area (Å²) < 4.78 is 1.91. The molecule has 0 aliphatic carbocycles. The molecule has 0 atom stereocenters. The highest BCUT2D eigenvalue weighted by atomic mass is 32.2. The molecular weight excluding hydrogens is 314 g/mol. The summed E-state index contributed by atoms with van der Waals surface area (Å²) in [5.41, 5.74) is 1.19. The Kier molecular flexibility index (Phi) is 5.75. The maximum Gasteiger partial charge on any atom is 0.251 e. The summed E-state index contributed by atoms with van der Waals surface area (Å²) in [6.07, 6.45) is 1.66. The van der Waals surface area contributed by atoms with Gasteiger partial charge in [0.1, 0.15) is 6.33 Å². The van der Waals surface area contributed by atoms with Gasteiger partial charge in [0.2, 0.25) is 5.91 Å². The van der Waals surface area contributed by atoms with Gasteiger partial charge in [-0.25, -0.2) is 0 Å². The van der Waals surface area contributed by atoms with Crippen LogP contribution >= 0.6 is 11.8 Å². The van der Waals surface area contributed by atoms with Crippen LogP contribution in [0.3, 0.4) is 0 Å². The molecule has 0 fully saturated rings. The molecule has 1 aromatic carbocycles. The summed E-state index contributed by atoms with van der Waals surface area (Å²) in [6.45, 7) is 4.06. The van der Waals surface area contributed by atoms with Gasteiger partial charge in [0.25, 0.3) is 5.91 Å². The van der Waals surface area contributed by atoms with Crippen LogP contribution in [0.2, 0.25) is 0 Å². The number of hydrogen-bond acceptors (Lipinski definition) is 5. The quantitative estimate of drug-likeness (QED) is 0.789. The molecule has 0 spiro atoms. The van der Waals surface area contributed by atoms with Gasteiger partial charge < -0.3 is 15.2 Å². The average Bonchev–Trinajstić information content (AvgIpc) is 3.01. The Labute approximate surface area is 138 Å². The third-order valence-corrected chi connectivity index (χ3v) is 4.04. The predicted octanol–water partition coefficient (Wildman–Crippen LogP) is 1.95. The summed E-state index contributed by atoms with van der Waals surface area (Å²) in [5.74, 6) is -0.0600. The van der Waals surface area contributed by atoms with Crippen LogP contribution in [0, 0.1) is 0 Å². The van der Waals surface area contributed by atoms with Crippen molar-refractivity contribution in [2.75, 3.05) is 18.1 Å². The Bertz CT molecular complexity index is 681. The third-order valence-electron chi connectivity index (χ3n) is 3.09. The Balaban J connectivity index is 1.89. The highest BCUT2D eigenvalue weighted by molar-refractivity contribution is 7.99. The molecule has 0 radical (unpaired) electrons. The van der Waals surface area contributed by atoms with E-state index in [1.54, 1.807) is 37.6 Å². The minimum Gasteiger partial charge on any atom is -0.355 e. The number of thioether (sulfide) groups is 1. The van der Waals surface area contributed by atoms with Gasteiger partial charge in [0.15, 0.2) is 5.16 Å². The number of nitrogens with zero attached hydrogens (tertiary/aromatic N) is 3. The number of anilines is 1. The Hall–Kier alpha value is -2.35. The van der Waals surface area contributed by atoms with Crippen molar-refractivity contribution in [3.05, 3.63) is 36.2 Å². The average molecular weight is 333 g/mol. The molecule has 2 rings (SSSR count). The van der Waals surface area contributed by atoms with E-state index in [1.807, 2.05) is 18.4 Å². The lowest BCUT2D eigenvalue weighted by molar-refractivity contribution is -0.113. The lowest BCUT2D eigenvalue weighted by Gasteiger charge is -2.09. The zero-order chi connectivity index (χ0) is 16.8. The van der Waals surface area contributed by atoms with Gasteiger partial charge in [-0.3, -0.25) is 9.59 Å². The summed E-state index contributed by atoms with van der Waals surface area (Å²) in [7, 11) is 1.57. The van der Waals surface area contributed by atoms with Crippen molar-refractivity contribution in [1.82, 2.24) is 20.1 Å². The van der Waals surface area contributed by atoms with Crippen LogP contribution in [-0.2, 0) is 4.79 Å². The van der Waals surface area contributed by atoms with Crippen LogP contribution in [-0.4, -0.2) is 39.4 Å². The van der Waals surface area contributed by atoms with E-state index < -0.39 is 0 Å². The molecule has 0 saturated carbocycles. The molecule has 0 saturated heterocycles. The summed E-state index contributed by atoms with van der Waals surface area (Å²) in [4.78, 5) is 23.4. The third kappa shape index (κ3) is 4.56. The van der Waals surface area contributed by atoms with Crippen LogP contribution < -0.4 is 10.6 Å². The molecule has 0 bridgehead atoms. The van der Waals surface area contributed by atoms with Crippen LogP contribution in [0.15, 0.2) is 35.7 Å². The van der Waals surface area contributed by atoms with Crippen molar-refractivity contribution in [2.45, 2.75) is 25.0 Å². The van der Waals surface area contributed by atoms with E-state index in [2.05, 4.69) is 20.8 Å². The molecular formula is C15H19N5O2S. The lowest BCUT2D eigenvalue weighted by Crippen LogP contribution is -2.18. The minimum atomic E-state index is -0.161. The Morgan fingerprint density at radius 3 is 2.57 bits per heavy atom. The number of nitrogens with one attached hydrogen (secondary N) is 2. The van der Waals surface area contributed by atoms with E-state index in [-0.39, 0.29) is 23.6 Å². The molecule has 2 N–H and O–H groups in total. The number of aromatic nitrogens is 3. The van der Waals surface area contributed by atoms with Crippen molar-refractivity contribution < 1.29 is 9.59 Å². The molecule has 0 aliphatic heterocycles. The minimum absolute atomic E-state index is 0.138. The molecule has 1 aromatic heterocycles. The van der Waals surface area contributed by atoms with Gasteiger partial charge in [-0.2, -0.15) is 0 Å². The van der Waals surface area contributed by atoms with Crippen LogP contribution in [0.25, 0.3) is 0 Å². The predicted molar refractivity (Wildman–Crippen MR) is 89.6 cm³/mol. The van der Waals surface area contributed by atoms with Gasteiger partial charge in [0, 0.05) is 24.3 Å².